The van der Waals surface area contributed by atoms with E-state index >= 15 is 0 Å². The van der Waals surface area contributed by atoms with E-state index in [0.717, 1.165) is 15.8 Å². The van der Waals surface area contributed by atoms with Gasteiger partial charge < -0.3 is 15.5 Å². The highest BCUT2D eigenvalue weighted by molar-refractivity contribution is 14.1. The first-order chi connectivity index (χ1) is 9.58. The third kappa shape index (κ3) is 3.92. The summed E-state index contributed by atoms with van der Waals surface area (Å²) in [6, 6.07) is 8.04. The van der Waals surface area contributed by atoms with Crippen molar-refractivity contribution in [3.63, 3.8) is 0 Å². The average molecular weight is 384 g/mol. The Morgan fingerprint density at radius 1 is 1.15 bits per heavy atom. The summed E-state index contributed by atoms with van der Waals surface area (Å²) in [6.45, 7) is 2.77. The monoisotopic (exact) mass is 384 g/mol. The molecule has 2 aromatic rings. The van der Waals surface area contributed by atoms with Crippen LogP contribution in [0.2, 0.25) is 0 Å². The van der Waals surface area contributed by atoms with Gasteiger partial charge in [-0.3, -0.25) is 0 Å². The normalized spacial score (nSPS) is 10.2. The van der Waals surface area contributed by atoms with Gasteiger partial charge in [-0.1, -0.05) is 6.07 Å². The van der Waals surface area contributed by atoms with Crippen LogP contribution < -0.4 is 15.5 Å². The maximum atomic E-state index is 4.39. The van der Waals surface area contributed by atoms with Gasteiger partial charge in [0.25, 0.3) is 0 Å². The van der Waals surface area contributed by atoms with Gasteiger partial charge in [0.2, 0.25) is 17.8 Å². The van der Waals surface area contributed by atoms with Crippen molar-refractivity contribution in [3.8, 4) is 0 Å². The van der Waals surface area contributed by atoms with Crippen LogP contribution in [0.5, 0.6) is 0 Å². The van der Waals surface area contributed by atoms with Crippen LogP contribution in [-0.4, -0.2) is 35.6 Å². The first kappa shape index (κ1) is 14.8. The fraction of sp³-hybridized carbons (Fsp3) is 0.308. The molecular formula is C13H17IN6. The summed E-state index contributed by atoms with van der Waals surface area (Å²) in [5.41, 5.74) is 0.954. The average Bonchev–Trinajstić information content (AvgIpc) is 2.38. The minimum absolute atomic E-state index is 0.529. The summed E-state index contributed by atoms with van der Waals surface area (Å²) in [6.07, 6.45) is 0. The number of hydrogen-bond donors (Lipinski definition) is 2. The van der Waals surface area contributed by atoms with E-state index in [0.29, 0.717) is 17.8 Å². The molecule has 0 spiro atoms. The third-order valence-corrected chi connectivity index (χ3v) is 3.11. The van der Waals surface area contributed by atoms with E-state index in [1.54, 1.807) is 0 Å². The Kier molecular flexibility index (Phi) is 4.94. The standard InChI is InChI=1S/C13H17IN6/c1-4-15-11-17-12(19-13(18-11)20(2)3)16-10-7-5-6-9(14)8-10/h5-8H,4H2,1-3H3,(H2,15,16,17,18,19). The van der Waals surface area contributed by atoms with E-state index in [9.17, 15) is 0 Å². The largest absolute Gasteiger partial charge is 0.354 e. The van der Waals surface area contributed by atoms with Crippen LogP contribution in [0.4, 0.5) is 23.5 Å². The van der Waals surface area contributed by atoms with E-state index in [4.69, 9.17) is 0 Å². The fourth-order valence-corrected chi connectivity index (χ4v) is 2.10. The lowest BCUT2D eigenvalue weighted by Crippen LogP contribution is -2.16. The molecule has 6 nitrogen and oxygen atoms in total. The van der Waals surface area contributed by atoms with Gasteiger partial charge in [0.05, 0.1) is 0 Å². The SMILES string of the molecule is CCNc1nc(Nc2cccc(I)c2)nc(N(C)C)n1. The van der Waals surface area contributed by atoms with E-state index in [1.165, 1.54) is 0 Å². The lowest BCUT2D eigenvalue weighted by molar-refractivity contribution is 0.953. The van der Waals surface area contributed by atoms with Crippen molar-refractivity contribution in [3.05, 3.63) is 27.8 Å². The second kappa shape index (κ2) is 6.69. The molecule has 1 aromatic carbocycles. The minimum Gasteiger partial charge on any atom is -0.354 e. The molecule has 0 aliphatic heterocycles. The van der Waals surface area contributed by atoms with Gasteiger partial charge in [-0.2, -0.15) is 15.0 Å². The zero-order chi connectivity index (χ0) is 14.5. The molecule has 0 bridgehead atoms. The van der Waals surface area contributed by atoms with Crippen molar-refractivity contribution in [1.82, 2.24) is 15.0 Å². The maximum Gasteiger partial charge on any atom is 0.233 e. The van der Waals surface area contributed by atoms with Crippen LogP contribution >= 0.6 is 22.6 Å². The molecule has 0 aliphatic rings. The zero-order valence-corrected chi connectivity index (χ0v) is 13.8. The second-order valence-electron chi connectivity index (χ2n) is 4.34. The number of nitrogens with zero attached hydrogens (tertiary/aromatic N) is 4. The molecule has 2 rings (SSSR count). The van der Waals surface area contributed by atoms with Gasteiger partial charge in [0.15, 0.2) is 0 Å². The molecule has 0 unspecified atom stereocenters. The number of aromatic nitrogens is 3. The van der Waals surface area contributed by atoms with Crippen LogP contribution in [0.15, 0.2) is 24.3 Å². The molecule has 0 aliphatic carbocycles. The summed E-state index contributed by atoms with van der Waals surface area (Å²) in [4.78, 5) is 14.9. The van der Waals surface area contributed by atoms with Gasteiger partial charge in [0, 0.05) is 29.9 Å². The number of anilines is 4. The number of hydrogen-bond acceptors (Lipinski definition) is 6. The molecule has 0 atom stereocenters. The van der Waals surface area contributed by atoms with Gasteiger partial charge >= 0.3 is 0 Å². The topological polar surface area (TPSA) is 66.0 Å². The first-order valence-corrected chi connectivity index (χ1v) is 7.36. The molecule has 7 heteroatoms. The highest BCUT2D eigenvalue weighted by Gasteiger charge is 2.08. The number of nitrogens with one attached hydrogen (secondary N) is 2. The Hall–Kier alpha value is -1.64. The molecule has 0 amide bonds. The van der Waals surface area contributed by atoms with Gasteiger partial charge in [-0.15, -0.1) is 0 Å². The Balaban J connectivity index is 2.30. The molecule has 20 heavy (non-hydrogen) atoms. The number of benzene rings is 1. The summed E-state index contributed by atoms with van der Waals surface area (Å²) >= 11 is 2.27. The molecule has 0 saturated carbocycles. The van der Waals surface area contributed by atoms with Crippen LogP contribution in [0.25, 0.3) is 0 Å². The second-order valence-corrected chi connectivity index (χ2v) is 5.59. The molecule has 0 fully saturated rings. The van der Waals surface area contributed by atoms with E-state index in [-0.39, 0.29) is 0 Å². The lowest BCUT2D eigenvalue weighted by Gasteiger charge is -2.13. The summed E-state index contributed by atoms with van der Waals surface area (Å²) < 4.78 is 1.15. The quantitative estimate of drug-likeness (QED) is 0.773. The maximum absolute atomic E-state index is 4.39. The van der Waals surface area contributed by atoms with Crippen molar-refractivity contribution in [1.29, 1.82) is 0 Å². The van der Waals surface area contributed by atoms with Crippen molar-refractivity contribution < 1.29 is 0 Å². The Morgan fingerprint density at radius 3 is 2.55 bits per heavy atom. The smallest absolute Gasteiger partial charge is 0.233 e. The number of halogens is 1. The Bertz CT molecular complexity index is 587. The van der Waals surface area contributed by atoms with Crippen molar-refractivity contribution in [2.45, 2.75) is 6.92 Å². The van der Waals surface area contributed by atoms with E-state index in [1.807, 2.05) is 50.2 Å². The van der Waals surface area contributed by atoms with Crippen LogP contribution in [-0.2, 0) is 0 Å². The third-order valence-electron chi connectivity index (χ3n) is 2.44. The molecule has 1 aromatic heterocycles. The number of rotatable bonds is 5. The minimum atomic E-state index is 0.529. The van der Waals surface area contributed by atoms with Crippen molar-refractivity contribution >= 4 is 46.1 Å². The highest BCUT2D eigenvalue weighted by atomic mass is 127. The van der Waals surface area contributed by atoms with E-state index < -0.39 is 0 Å². The predicted octanol–water partition coefficient (Wildman–Crippen LogP) is 2.72. The highest BCUT2D eigenvalue weighted by Crippen LogP contribution is 2.18. The van der Waals surface area contributed by atoms with Gasteiger partial charge in [-0.05, 0) is 47.7 Å². The van der Waals surface area contributed by atoms with Crippen molar-refractivity contribution in [2.75, 3.05) is 36.2 Å². The molecule has 0 radical (unpaired) electrons. The van der Waals surface area contributed by atoms with Crippen LogP contribution in [0.3, 0.4) is 0 Å². The molecular weight excluding hydrogens is 367 g/mol. The van der Waals surface area contributed by atoms with Crippen LogP contribution in [0.1, 0.15) is 6.92 Å². The van der Waals surface area contributed by atoms with Crippen LogP contribution in [0, 0.1) is 3.57 Å². The molecule has 106 valence electrons. The summed E-state index contributed by atoms with van der Waals surface area (Å²) in [5, 5.41) is 6.32. The summed E-state index contributed by atoms with van der Waals surface area (Å²) in [7, 11) is 3.81. The van der Waals surface area contributed by atoms with Crippen molar-refractivity contribution in [2.24, 2.45) is 0 Å². The molecule has 0 saturated heterocycles. The zero-order valence-electron chi connectivity index (χ0n) is 11.7. The fourth-order valence-electron chi connectivity index (χ4n) is 1.55. The lowest BCUT2D eigenvalue weighted by atomic mass is 10.3. The molecule has 1 heterocycles. The van der Waals surface area contributed by atoms with Gasteiger partial charge in [-0.25, -0.2) is 0 Å². The van der Waals surface area contributed by atoms with Gasteiger partial charge in [0.1, 0.15) is 0 Å². The Labute approximate surface area is 132 Å². The predicted molar refractivity (Wildman–Crippen MR) is 90.8 cm³/mol. The summed E-state index contributed by atoms with van der Waals surface area (Å²) in [5.74, 6) is 1.71. The molecule has 2 N–H and O–H groups in total. The van der Waals surface area contributed by atoms with E-state index in [2.05, 4.69) is 48.2 Å². The first-order valence-electron chi connectivity index (χ1n) is 6.28. The Morgan fingerprint density at radius 2 is 1.90 bits per heavy atom.